The fourth-order valence-electron chi connectivity index (χ4n) is 2.16. The van der Waals surface area contributed by atoms with Crippen LogP contribution in [0, 0.1) is 23.3 Å². The minimum atomic E-state index is -1.08. The largest absolute Gasteiger partial charge is 0.369 e. The van der Waals surface area contributed by atoms with Crippen molar-refractivity contribution in [2.24, 2.45) is 0 Å². The van der Waals surface area contributed by atoms with Gasteiger partial charge in [0.2, 0.25) is 5.95 Å². The van der Waals surface area contributed by atoms with Gasteiger partial charge in [0.15, 0.2) is 23.3 Å². The van der Waals surface area contributed by atoms with Gasteiger partial charge in [-0.1, -0.05) is 6.07 Å². The van der Waals surface area contributed by atoms with Crippen molar-refractivity contribution in [2.75, 3.05) is 5.73 Å². The molecule has 2 aromatic carbocycles. The van der Waals surface area contributed by atoms with Crippen LogP contribution in [-0.4, -0.2) is 9.55 Å². The molecule has 2 N–H and O–H groups in total. The van der Waals surface area contributed by atoms with Gasteiger partial charge in [-0.3, -0.25) is 0 Å². The molecule has 0 spiro atoms. The van der Waals surface area contributed by atoms with Crippen LogP contribution in [0.5, 0.6) is 0 Å². The smallest absolute Gasteiger partial charge is 0.201 e. The number of hydrogen-bond acceptors (Lipinski definition) is 2. The minimum Gasteiger partial charge on any atom is -0.369 e. The van der Waals surface area contributed by atoms with Crippen molar-refractivity contribution in [1.29, 1.82) is 0 Å². The number of imidazole rings is 1. The van der Waals surface area contributed by atoms with Gasteiger partial charge in [0.1, 0.15) is 5.52 Å². The average Bonchev–Trinajstić information content (AvgIpc) is 2.76. The quantitative estimate of drug-likeness (QED) is 0.738. The molecule has 21 heavy (non-hydrogen) atoms. The lowest BCUT2D eigenvalue weighted by molar-refractivity contribution is 0.505. The first-order valence-corrected chi connectivity index (χ1v) is 6.01. The molecule has 7 heteroatoms. The van der Waals surface area contributed by atoms with Gasteiger partial charge in [-0.05, 0) is 29.8 Å². The van der Waals surface area contributed by atoms with Crippen molar-refractivity contribution in [2.45, 2.75) is 6.54 Å². The number of aromatic nitrogens is 2. The molecule has 0 amide bonds. The topological polar surface area (TPSA) is 43.8 Å². The van der Waals surface area contributed by atoms with Crippen LogP contribution in [-0.2, 0) is 6.54 Å². The number of benzene rings is 2. The van der Waals surface area contributed by atoms with Gasteiger partial charge in [-0.15, -0.1) is 0 Å². The van der Waals surface area contributed by atoms with Gasteiger partial charge in [0, 0.05) is 0 Å². The Labute approximate surface area is 116 Å². The summed E-state index contributed by atoms with van der Waals surface area (Å²) in [5, 5.41) is 0. The maximum absolute atomic E-state index is 13.9. The van der Waals surface area contributed by atoms with Crippen molar-refractivity contribution in [3.63, 3.8) is 0 Å². The first kappa shape index (κ1) is 13.4. The van der Waals surface area contributed by atoms with Crippen LogP contribution in [0.1, 0.15) is 5.56 Å². The van der Waals surface area contributed by atoms with E-state index in [0.29, 0.717) is 5.56 Å². The lowest BCUT2D eigenvalue weighted by Gasteiger charge is -2.08. The second-order valence-corrected chi connectivity index (χ2v) is 4.53. The van der Waals surface area contributed by atoms with Crippen molar-refractivity contribution in [3.8, 4) is 0 Å². The van der Waals surface area contributed by atoms with Crippen molar-refractivity contribution < 1.29 is 17.6 Å². The van der Waals surface area contributed by atoms with Gasteiger partial charge in [-0.2, -0.15) is 0 Å². The molecular weight excluding hydrogens is 286 g/mol. The molecule has 0 atom stereocenters. The SMILES string of the molecule is Nc1nc2ccc(F)c(F)c2n1Cc1ccc(F)c(F)c1. The van der Waals surface area contributed by atoms with Crippen LogP contribution in [0.15, 0.2) is 30.3 Å². The normalized spacial score (nSPS) is 11.2. The average molecular weight is 295 g/mol. The lowest BCUT2D eigenvalue weighted by Crippen LogP contribution is -2.06. The number of rotatable bonds is 2. The summed E-state index contributed by atoms with van der Waals surface area (Å²) in [4.78, 5) is 3.92. The molecule has 0 aliphatic carbocycles. The van der Waals surface area contributed by atoms with E-state index in [1.165, 1.54) is 16.7 Å². The van der Waals surface area contributed by atoms with E-state index in [0.717, 1.165) is 18.2 Å². The number of nitrogens with two attached hydrogens (primary N) is 1. The van der Waals surface area contributed by atoms with Crippen LogP contribution in [0.3, 0.4) is 0 Å². The van der Waals surface area contributed by atoms with E-state index < -0.39 is 23.3 Å². The molecule has 0 bridgehead atoms. The maximum atomic E-state index is 13.9. The predicted molar refractivity (Wildman–Crippen MR) is 69.5 cm³/mol. The molecule has 0 saturated carbocycles. The van der Waals surface area contributed by atoms with E-state index in [-0.39, 0.29) is 23.5 Å². The first-order valence-electron chi connectivity index (χ1n) is 6.01. The molecule has 0 radical (unpaired) electrons. The Kier molecular flexibility index (Phi) is 3.04. The number of halogens is 4. The molecule has 108 valence electrons. The van der Waals surface area contributed by atoms with Crippen LogP contribution in [0.4, 0.5) is 23.5 Å². The molecule has 1 heterocycles. The summed E-state index contributed by atoms with van der Waals surface area (Å²) in [5.41, 5.74) is 6.11. The fraction of sp³-hybridized carbons (Fsp3) is 0.0714. The minimum absolute atomic E-state index is 0.0424. The monoisotopic (exact) mass is 295 g/mol. The molecule has 0 unspecified atom stereocenters. The Balaban J connectivity index is 2.13. The lowest BCUT2D eigenvalue weighted by atomic mass is 10.2. The molecule has 3 rings (SSSR count). The summed E-state index contributed by atoms with van der Waals surface area (Å²) >= 11 is 0. The Morgan fingerprint density at radius 3 is 2.38 bits per heavy atom. The Bertz CT molecular complexity index is 842. The summed E-state index contributed by atoms with van der Waals surface area (Å²) in [6.45, 7) is -0.0556. The molecular formula is C14H9F4N3. The highest BCUT2D eigenvalue weighted by molar-refractivity contribution is 5.79. The maximum Gasteiger partial charge on any atom is 0.201 e. The number of fused-ring (bicyclic) bond motifs is 1. The molecule has 0 saturated heterocycles. The summed E-state index contributed by atoms with van der Waals surface area (Å²) in [7, 11) is 0. The van der Waals surface area contributed by atoms with Gasteiger partial charge >= 0.3 is 0 Å². The van der Waals surface area contributed by atoms with Crippen molar-refractivity contribution in [1.82, 2.24) is 9.55 Å². The first-order chi connectivity index (χ1) is 9.97. The number of nitrogens with zero attached hydrogens (tertiary/aromatic N) is 2. The van der Waals surface area contributed by atoms with E-state index in [2.05, 4.69) is 4.98 Å². The zero-order chi connectivity index (χ0) is 15.1. The summed E-state index contributed by atoms with van der Waals surface area (Å²) in [6, 6.07) is 5.51. The predicted octanol–water partition coefficient (Wildman–Crippen LogP) is 3.22. The molecule has 0 aliphatic heterocycles. The standard InChI is InChI=1S/C14H9F4N3/c15-8-2-1-7(5-10(8)17)6-21-13-11(20-14(21)19)4-3-9(16)12(13)18/h1-5H,6H2,(H2,19,20). The Morgan fingerprint density at radius 2 is 1.67 bits per heavy atom. The van der Waals surface area contributed by atoms with Crippen molar-refractivity contribution in [3.05, 3.63) is 59.2 Å². The third-order valence-electron chi connectivity index (χ3n) is 3.15. The molecule has 3 aromatic rings. The number of anilines is 1. The zero-order valence-corrected chi connectivity index (χ0v) is 10.6. The van der Waals surface area contributed by atoms with E-state index in [1.54, 1.807) is 0 Å². The van der Waals surface area contributed by atoms with Gasteiger partial charge in [-0.25, -0.2) is 22.5 Å². The highest BCUT2D eigenvalue weighted by atomic mass is 19.2. The Hall–Kier alpha value is -2.57. The van der Waals surface area contributed by atoms with Crippen LogP contribution in [0.2, 0.25) is 0 Å². The summed E-state index contributed by atoms with van der Waals surface area (Å²) in [5.74, 6) is -4.17. The third-order valence-corrected chi connectivity index (χ3v) is 3.15. The molecule has 3 nitrogen and oxygen atoms in total. The van der Waals surface area contributed by atoms with Crippen LogP contribution in [0.25, 0.3) is 11.0 Å². The fourth-order valence-corrected chi connectivity index (χ4v) is 2.16. The van der Waals surface area contributed by atoms with E-state index >= 15 is 0 Å². The Morgan fingerprint density at radius 1 is 0.952 bits per heavy atom. The molecule has 0 aliphatic rings. The van der Waals surface area contributed by atoms with E-state index in [1.807, 2.05) is 0 Å². The van der Waals surface area contributed by atoms with Crippen LogP contribution < -0.4 is 5.73 Å². The van der Waals surface area contributed by atoms with E-state index in [4.69, 9.17) is 5.73 Å². The third kappa shape index (κ3) is 2.20. The van der Waals surface area contributed by atoms with Gasteiger partial charge in [0.25, 0.3) is 0 Å². The number of hydrogen-bond donors (Lipinski definition) is 1. The summed E-state index contributed by atoms with van der Waals surface area (Å²) in [6.07, 6.45) is 0. The zero-order valence-electron chi connectivity index (χ0n) is 10.6. The highest BCUT2D eigenvalue weighted by Crippen LogP contribution is 2.24. The van der Waals surface area contributed by atoms with Gasteiger partial charge in [0.05, 0.1) is 12.1 Å². The van der Waals surface area contributed by atoms with Gasteiger partial charge < -0.3 is 10.3 Å². The van der Waals surface area contributed by atoms with Crippen molar-refractivity contribution >= 4 is 17.0 Å². The molecule has 1 aromatic heterocycles. The van der Waals surface area contributed by atoms with E-state index in [9.17, 15) is 17.6 Å². The second kappa shape index (κ2) is 4.76. The highest BCUT2D eigenvalue weighted by Gasteiger charge is 2.16. The molecule has 0 fully saturated rings. The number of nitrogen functional groups attached to an aromatic ring is 1. The van der Waals surface area contributed by atoms with Crippen LogP contribution >= 0.6 is 0 Å². The second-order valence-electron chi connectivity index (χ2n) is 4.53. The summed E-state index contributed by atoms with van der Waals surface area (Å²) < 4.78 is 54.5.